The van der Waals surface area contributed by atoms with Crippen LogP contribution in [0.4, 0.5) is 5.69 Å². The van der Waals surface area contributed by atoms with E-state index in [-0.39, 0.29) is 5.75 Å². The van der Waals surface area contributed by atoms with Crippen molar-refractivity contribution < 1.29 is 5.11 Å². The van der Waals surface area contributed by atoms with Crippen molar-refractivity contribution >= 4 is 5.69 Å². The number of nitrogens with zero attached hydrogens (tertiary/aromatic N) is 2. The monoisotopic (exact) mass is 253 g/mol. The first-order chi connectivity index (χ1) is 9.11. The van der Waals surface area contributed by atoms with Crippen LogP contribution in [-0.4, -0.2) is 10.1 Å². The van der Waals surface area contributed by atoms with Crippen molar-refractivity contribution in [2.45, 2.75) is 20.4 Å². The number of aryl methyl sites for hydroxylation is 2. The summed E-state index contributed by atoms with van der Waals surface area (Å²) in [5, 5.41) is 22.0. The Morgan fingerprint density at radius 3 is 2.79 bits per heavy atom. The van der Waals surface area contributed by atoms with Gasteiger partial charge in [0.1, 0.15) is 17.5 Å². The van der Waals surface area contributed by atoms with Gasteiger partial charge in [-0.25, -0.2) is 0 Å². The van der Waals surface area contributed by atoms with Gasteiger partial charge in [-0.05, 0) is 37.6 Å². The lowest BCUT2D eigenvalue weighted by molar-refractivity contribution is 0.464. The largest absolute Gasteiger partial charge is 0.506 e. The Balaban J connectivity index is 2.22. The molecule has 1 aromatic carbocycles. The first-order valence-corrected chi connectivity index (χ1v) is 6.01. The number of rotatable bonds is 3. The molecule has 0 saturated heterocycles. The number of hydrogen-bond acceptors (Lipinski definition) is 4. The van der Waals surface area contributed by atoms with Crippen LogP contribution in [-0.2, 0) is 6.54 Å². The van der Waals surface area contributed by atoms with Crippen molar-refractivity contribution in [3.8, 4) is 11.8 Å². The van der Waals surface area contributed by atoms with Crippen LogP contribution in [0.25, 0.3) is 0 Å². The van der Waals surface area contributed by atoms with Crippen molar-refractivity contribution in [3.05, 3.63) is 52.8 Å². The molecule has 0 saturated carbocycles. The van der Waals surface area contributed by atoms with Crippen molar-refractivity contribution in [2.75, 3.05) is 5.32 Å². The summed E-state index contributed by atoms with van der Waals surface area (Å²) in [7, 11) is 0. The first-order valence-electron chi connectivity index (χ1n) is 6.01. The zero-order chi connectivity index (χ0) is 13.8. The Hall–Kier alpha value is -2.54. The minimum Gasteiger partial charge on any atom is -0.506 e. The van der Waals surface area contributed by atoms with Gasteiger partial charge < -0.3 is 10.4 Å². The SMILES string of the molecule is Cc1ccc(O)c(CNc2cccc(C)c2C#N)n1. The van der Waals surface area contributed by atoms with Gasteiger partial charge in [-0.15, -0.1) is 0 Å². The summed E-state index contributed by atoms with van der Waals surface area (Å²) in [6.45, 7) is 4.15. The minimum atomic E-state index is 0.157. The molecule has 2 rings (SSSR count). The van der Waals surface area contributed by atoms with E-state index in [1.807, 2.05) is 32.0 Å². The van der Waals surface area contributed by atoms with Crippen molar-refractivity contribution in [2.24, 2.45) is 0 Å². The number of nitrogens with one attached hydrogen (secondary N) is 1. The normalized spacial score (nSPS) is 9.95. The van der Waals surface area contributed by atoms with Crippen molar-refractivity contribution in [1.29, 1.82) is 5.26 Å². The molecule has 4 heteroatoms. The van der Waals surface area contributed by atoms with Gasteiger partial charge in [-0.3, -0.25) is 4.98 Å². The summed E-state index contributed by atoms with van der Waals surface area (Å²) in [6.07, 6.45) is 0. The summed E-state index contributed by atoms with van der Waals surface area (Å²) in [4.78, 5) is 4.27. The topological polar surface area (TPSA) is 68.9 Å². The van der Waals surface area contributed by atoms with Gasteiger partial charge in [-0.2, -0.15) is 5.26 Å². The molecule has 1 aromatic heterocycles. The quantitative estimate of drug-likeness (QED) is 0.882. The van der Waals surface area contributed by atoms with E-state index in [1.165, 1.54) is 0 Å². The number of nitriles is 1. The Morgan fingerprint density at radius 1 is 1.26 bits per heavy atom. The molecule has 4 nitrogen and oxygen atoms in total. The molecule has 0 amide bonds. The van der Waals surface area contributed by atoms with E-state index in [0.717, 1.165) is 16.9 Å². The summed E-state index contributed by atoms with van der Waals surface area (Å²) in [5.74, 6) is 0.157. The van der Waals surface area contributed by atoms with E-state index in [4.69, 9.17) is 5.26 Å². The van der Waals surface area contributed by atoms with Crippen LogP contribution < -0.4 is 5.32 Å². The lowest BCUT2D eigenvalue weighted by atomic mass is 10.1. The summed E-state index contributed by atoms with van der Waals surface area (Å²) in [5.41, 5.74) is 3.72. The second-order valence-electron chi connectivity index (χ2n) is 4.38. The van der Waals surface area contributed by atoms with Gasteiger partial charge in [0.15, 0.2) is 0 Å². The van der Waals surface area contributed by atoms with E-state index in [9.17, 15) is 5.11 Å². The predicted molar refractivity (Wildman–Crippen MR) is 73.9 cm³/mol. The van der Waals surface area contributed by atoms with Crippen molar-refractivity contribution in [3.63, 3.8) is 0 Å². The highest BCUT2D eigenvalue weighted by atomic mass is 16.3. The highest BCUT2D eigenvalue weighted by molar-refractivity contribution is 5.60. The maximum absolute atomic E-state index is 9.73. The molecular weight excluding hydrogens is 238 g/mol. The van der Waals surface area contributed by atoms with E-state index in [2.05, 4.69) is 16.4 Å². The van der Waals surface area contributed by atoms with E-state index >= 15 is 0 Å². The number of anilines is 1. The standard InChI is InChI=1S/C15H15N3O/c1-10-4-3-5-13(12(10)8-16)17-9-14-15(19)7-6-11(2)18-14/h3-7,17,19H,9H2,1-2H3. The zero-order valence-corrected chi connectivity index (χ0v) is 10.9. The molecule has 0 spiro atoms. The van der Waals surface area contributed by atoms with E-state index < -0.39 is 0 Å². The fraction of sp³-hybridized carbons (Fsp3) is 0.200. The second-order valence-corrected chi connectivity index (χ2v) is 4.38. The number of pyridine rings is 1. The average Bonchev–Trinajstić information content (AvgIpc) is 2.40. The van der Waals surface area contributed by atoms with Crippen LogP contribution in [0.5, 0.6) is 5.75 Å². The molecule has 1 heterocycles. The van der Waals surface area contributed by atoms with Gasteiger partial charge in [-0.1, -0.05) is 12.1 Å². The molecular formula is C15H15N3O. The van der Waals surface area contributed by atoms with Gasteiger partial charge in [0.25, 0.3) is 0 Å². The Kier molecular flexibility index (Phi) is 3.67. The molecule has 0 aliphatic carbocycles. The third kappa shape index (κ3) is 2.83. The fourth-order valence-corrected chi connectivity index (χ4v) is 1.88. The molecule has 0 aliphatic rings. The molecule has 0 atom stereocenters. The lowest BCUT2D eigenvalue weighted by Gasteiger charge is -2.10. The Morgan fingerprint density at radius 2 is 2.05 bits per heavy atom. The molecule has 0 bridgehead atoms. The number of aromatic hydroxyl groups is 1. The van der Waals surface area contributed by atoms with Gasteiger partial charge in [0.2, 0.25) is 0 Å². The maximum Gasteiger partial charge on any atom is 0.138 e. The third-order valence-corrected chi connectivity index (χ3v) is 2.92. The smallest absolute Gasteiger partial charge is 0.138 e. The number of hydrogen-bond donors (Lipinski definition) is 2. The highest BCUT2D eigenvalue weighted by Gasteiger charge is 2.07. The van der Waals surface area contributed by atoms with Crippen LogP contribution in [0.3, 0.4) is 0 Å². The van der Waals surface area contributed by atoms with Crippen LogP contribution in [0.2, 0.25) is 0 Å². The van der Waals surface area contributed by atoms with Crippen LogP contribution in [0, 0.1) is 25.2 Å². The number of aromatic nitrogens is 1. The van der Waals surface area contributed by atoms with Crippen LogP contribution >= 0.6 is 0 Å². The van der Waals surface area contributed by atoms with Gasteiger partial charge >= 0.3 is 0 Å². The van der Waals surface area contributed by atoms with Gasteiger partial charge in [0.05, 0.1) is 17.8 Å². The molecule has 0 fully saturated rings. The minimum absolute atomic E-state index is 0.157. The molecule has 19 heavy (non-hydrogen) atoms. The Labute approximate surface area is 112 Å². The van der Waals surface area contributed by atoms with Crippen LogP contribution in [0.15, 0.2) is 30.3 Å². The average molecular weight is 253 g/mol. The Bertz CT molecular complexity index is 644. The zero-order valence-electron chi connectivity index (χ0n) is 10.9. The van der Waals surface area contributed by atoms with E-state index in [0.29, 0.717) is 17.8 Å². The van der Waals surface area contributed by atoms with Crippen molar-refractivity contribution in [1.82, 2.24) is 4.98 Å². The summed E-state index contributed by atoms with van der Waals surface area (Å²) >= 11 is 0. The van der Waals surface area contributed by atoms with Crippen LogP contribution in [0.1, 0.15) is 22.5 Å². The summed E-state index contributed by atoms with van der Waals surface area (Å²) in [6, 6.07) is 11.2. The summed E-state index contributed by atoms with van der Waals surface area (Å²) < 4.78 is 0. The molecule has 2 aromatic rings. The number of benzene rings is 1. The molecule has 0 unspecified atom stereocenters. The highest BCUT2D eigenvalue weighted by Crippen LogP contribution is 2.21. The fourth-order valence-electron chi connectivity index (χ4n) is 1.88. The molecule has 96 valence electrons. The second kappa shape index (κ2) is 5.40. The molecule has 0 aliphatic heterocycles. The maximum atomic E-state index is 9.73. The lowest BCUT2D eigenvalue weighted by Crippen LogP contribution is -2.04. The molecule has 0 radical (unpaired) electrons. The molecule has 2 N–H and O–H groups in total. The first kappa shape index (κ1) is 12.9. The van der Waals surface area contributed by atoms with E-state index in [1.54, 1.807) is 12.1 Å². The van der Waals surface area contributed by atoms with Gasteiger partial charge in [0, 0.05) is 5.69 Å². The predicted octanol–water partition coefficient (Wildman–Crippen LogP) is 2.89. The third-order valence-electron chi connectivity index (χ3n) is 2.92.